The van der Waals surface area contributed by atoms with Crippen molar-refractivity contribution in [3.8, 4) is 5.75 Å². The fourth-order valence-corrected chi connectivity index (χ4v) is 2.49. The number of hydrogen-bond donors (Lipinski definition) is 3. The molecule has 3 N–H and O–H groups in total. The lowest BCUT2D eigenvalue weighted by molar-refractivity contribution is -0.139. The number of carbonyl (C=O) groups excluding carboxylic acids is 1. The van der Waals surface area contributed by atoms with Crippen LogP contribution < -0.4 is 15.4 Å². The molecule has 0 unspecified atom stereocenters. The van der Waals surface area contributed by atoms with Gasteiger partial charge in [0.25, 0.3) is 0 Å². The van der Waals surface area contributed by atoms with E-state index in [4.69, 9.17) is 4.74 Å². The minimum atomic E-state index is -1.12. The molecule has 0 aromatic heterocycles. The summed E-state index contributed by atoms with van der Waals surface area (Å²) >= 11 is 0. The number of para-hydroxylation sites is 1. The summed E-state index contributed by atoms with van der Waals surface area (Å²) in [6.07, 6.45) is 0.742. The van der Waals surface area contributed by atoms with Crippen molar-refractivity contribution >= 4 is 17.7 Å². The molecule has 0 spiro atoms. The third-order valence-electron chi connectivity index (χ3n) is 3.60. The molecule has 23 heavy (non-hydrogen) atoms. The molecule has 3 rings (SSSR count). The second kappa shape index (κ2) is 6.39. The maximum Gasteiger partial charge on any atom is 0.330 e. The monoisotopic (exact) mass is 312 g/mol. The molecule has 6 nitrogen and oxygen atoms in total. The van der Waals surface area contributed by atoms with Crippen LogP contribution in [0.25, 0.3) is 0 Å². The third-order valence-corrected chi connectivity index (χ3v) is 3.60. The number of ether oxygens (including phenoxy) is 1. The number of carboxylic acid groups (broad SMARTS) is 1. The van der Waals surface area contributed by atoms with Crippen LogP contribution in [0.2, 0.25) is 0 Å². The lowest BCUT2D eigenvalue weighted by Crippen LogP contribution is -2.36. The van der Waals surface area contributed by atoms with E-state index in [0.717, 1.165) is 17.7 Å². The van der Waals surface area contributed by atoms with E-state index in [2.05, 4.69) is 10.6 Å². The van der Waals surface area contributed by atoms with Crippen molar-refractivity contribution in [3.05, 3.63) is 59.7 Å². The van der Waals surface area contributed by atoms with Crippen molar-refractivity contribution in [1.29, 1.82) is 0 Å². The lowest BCUT2D eigenvalue weighted by Gasteiger charge is -2.16. The number of benzene rings is 2. The maximum atomic E-state index is 12.0. The Labute approximate surface area is 133 Å². The molecule has 0 bridgehead atoms. The number of rotatable bonds is 4. The fraction of sp³-hybridized carbons (Fsp3) is 0.176. The first-order valence-electron chi connectivity index (χ1n) is 7.24. The molecule has 0 aliphatic carbocycles. The van der Waals surface area contributed by atoms with Crippen molar-refractivity contribution in [3.63, 3.8) is 0 Å². The number of carbonyl (C=O) groups is 2. The Bertz CT molecular complexity index is 731. The topological polar surface area (TPSA) is 87.7 Å². The Balaban J connectivity index is 1.74. The van der Waals surface area contributed by atoms with Crippen LogP contribution in [0.5, 0.6) is 5.75 Å². The van der Waals surface area contributed by atoms with Crippen molar-refractivity contribution in [2.24, 2.45) is 0 Å². The van der Waals surface area contributed by atoms with Gasteiger partial charge in [-0.05, 0) is 35.4 Å². The zero-order valence-corrected chi connectivity index (χ0v) is 12.3. The van der Waals surface area contributed by atoms with Crippen LogP contribution >= 0.6 is 0 Å². The van der Waals surface area contributed by atoms with Crippen LogP contribution in [0.15, 0.2) is 48.5 Å². The Kier molecular flexibility index (Phi) is 4.14. The summed E-state index contributed by atoms with van der Waals surface area (Å²) in [7, 11) is 0. The van der Waals surface area contributed by atoms with Crippen LogP contribution in [0.4, 0.5) is 10.5 Å². The first-order valence-corrected chi connectivity index (χ1v) is 7.24. The summed E-state index contributed by atoms with van der Waals surface area (Å²) in [4.78, 5) is 23.5. The quantitative estimate of drug-likeness (QED) is 0.809. The van der Waals surface area contributed by atoms with Crippen LogP contribution in [0.3, 0.4) is 0 Å². The average molecular weight is 312 g/mol. The molecule has 0 saturated heterocycles. The van der Waals surface area contributed by atoms with Crippen LogP contribution in [0.1, 0.15) is 17.2 Å². The summed E-state index contributed by atoms with van der Waals surface area (Å²) < 4.78 is 5.41. The molecule has 0 saturated carbocycles. The number of fused-ring (bicyclic) bond motifs is 1. The first kappa shape index (κ1) is 14.9. The first-order chi connectivity index (χ1) is 11.1. The Morgan fingerprint density at radius 3 is 2.65 bits per heavy atom. The number of hydrogen-bond acceptors (Lipinski definition) is 3. The molecular weight excluding hydrogens is 296 g/mol. The number of anilines is 1. The molecule has 1 heterocycles. The molecule has 1 aliphatic rings. The van der Waals surface area contributed by atoms with Crippen LogP contribution in [-0.2, 0) is 11.2 Å². The van der Waals surface area contributed by atoms with Gasteiger partial charge in [-0.3, -0.25) is 0 Å². The van der Waals surface area contributed by atoms with Crippen molar-refractivity contribution in [2.75, 3.05) is 11.9 Å². The van der Waals surface area contributed by atoms with E-state index >= 15 is 0 Å². The summed E-state index contributed by atoms with van der Waals surface area (Å²) in [5, 5.41) is 14.5. The number of carboxylic acids is 1. The van der Waals surface area contributed by atoms with E-state index < -0.39 is 18.0 Å². The van der Waals surface area contributed by atoms with Gasteiger partial charge in [0.2, 0.25) is 0 Å². The van der Waals surface area contributed by atoms with Gasteiger partial charge in [-0.1, -0.05) is 24.3 Å². The Morgan fingerprint density at radius 1 is 1.13 bits per heavy atom. The zero-order chi connectivity index (χ0) is 16.2. The summed E-state index contributed by atoms with van der Waals surface area (Å²) in [5.41, 5.74) is 2.07. The highest BCUT2D eigenvalue weighted by Gasteiger charge is 2.24. The molecule has 1 atom stereocenters. The van der Waals surface area contributed by atoms with E-state index in [-0.39, 0.29) is 0 Å². The standard InChI is InChI=1S/C17H16N2O4/c20-16(21)15(12-6-7-14-11(10-12)8-9-23-14)19-17(22)18-13-4-2-1-3-5-13/h1-7,10,15H,8-9H2,(H,20,21)(H2,18,19,22)/t15-/m0/s1. The molecule has 2 aromatic carbocycles. The third kappa shape index (κ3) is 3.42. The lowest BCUT2D eigenvalue weighted by atomic mass is 10.0. The molecule has 0 radical (unpaired) electrons. The van der Waals surface area contributed by atoms with E-state index in [1.807, 2.05) is 6.07 Å². The molecule has 118 valence electrons. The van der Waals surface area contributed by atoms with Crippen molar-refractivity contribution in [2.45, 2.75) is 12.5 Å². The van der Waals surface area contributed by atoms with Crippen LogP contribution in [-0.4, -0.2) is 23.7 Å². The smallest absolute Gasteiger partial charge is 0.330 e. The van der Waals surface area contributed by atoms with Gasteiger partial charge in [-0.25, -0.2) is 9.59 Å². The van der Waals surface area contributed by atoms with Gasteiger partial charge >= 0.3 is 12.0 Å². The highest BCUT2D eigenvalue weighted by Crippen LogP contribution is 2.28. The second-order valence-electron chi connectivity index (χ2n) is 5.20. The van der Waals surface area contributed by atoms with E-state index in [9.17, 15) is 14.7 Å². The number of urea groups is 1. The van der Waals surface area contributed by atoms with Gasteiger partial charge in [0.15, 0.2) is 6.04 Å². The predicted octanol–water partition coefficient (Wildman–Crippen LogP) is 2.57. The molecule has 2 aromatic rings. The number of aliphatic carboxylic acids is 1. The predicted molar refractivity (Wildman–Crippen MR) is 84.6 cm³/mol. The molecule has 6 heteroatoms. The Morgan fingerprint density at radius 2 is 1.91 bits per heavy atom. The van der Waals surface area contributed by atoms with Crippen molar-refractivity contribution in [1.82, 2.24) is 5.32 Å². The van der Waals surface area contributed by atoms with E-state index in [1.54, 1.807) is 42.5 Å². The van der Waals surface area contributed by atoms with Gasteiger partial charge in [-0.2, -0.15) is 0 Å². The zero-order valence-electron chi connectivity index (χ0n) is 12.3. The second-order valence-corrected chi connectivity index (χ2v) is 5.20. The summed E-state index contributed by atoms with van der Waals surface area (Å²) in [5.74, 6) is -0.348. The highest BCUT2D eigenvalue weighted by atomic mass is 16.5. The van der Waals surface area contributed by atoms with E-state index in [1.165, 1.54) is 0 Å². The van der Waals surface area contributed by atoms with Crippen LogP contribution in [0, 0.1) is 0 Å². The van der Waals surface area contributed by atoms with Gasteiger partial charge in [-0.15, -0.1) is 0 Å². The van der Waals surface area contributed by atoms with Gasteiger partial charge in [0.1, 0.15) is 5.75 Å². The molecule has 0 fully saturated rings. The van der Waals surface area contributed by atoms with Gasteiger partial charge in [0, 0.05) is 12.1 Å². The summed E-state index contributed by atoms with van der Waals surface area (Å²) in [6.45, 7) is 0.596. The fourth-order valence-electron chi connectivity index (χ4n) is 2.49. The molecular formula is C17H16N2O4. The largest absolute Gasteiger partial charge is 0.493 e. The van der Waals surface area contributed by atoms with Gasteiger partial charge < -0.3 is 20.5 Å². The SMILES string of the molecule is O=C(Nc1ccccc1)N[C@H](C(=O)O)c1ccc2c(c1)CCO2. The minimum Gasteiger partial charge on any atom is -0.493 e. The Hall–Kier alpha value is -3.02. The summed E-state index contributed by atoms with van der Waals surface area (Å²) in [6, 6.07) is 12.3. The number of amides is 2. The van der Waals surface area contributed by atoms with Crippen molar-refractivity contribution < 1.29 is 19.4 Å². The van der Waals surface area contributed by atoms with E-state index in [0.29, 0.717) is 17.9 Å². The molecule has 2 amide bonds. The maximum absolute atomic E-state index is 12.0. The van der Waals surface area contributed by atoms with Gasteiger partial charge in [0.05, 0.1) is 6.61 Å². The molecule has 1 aliphatic heterocycles. The highest BCUT2D eigenvalue weighted by molar-refractivity contribution is 5.92. The number of nitrogens with one attached hydrogen (secondary N) is 2. The normalized spacial score (nSPS) is 13.6. The average Bonchev–Trinajstić information content (AvgIpc) is 3.01. The minimum absolute atomic E-state index is 0.518.